The predicted molar refractivity (Wildman–Crippen MR) is 56.5 cm³/mol. The molecule has 0 saturated carbocycles. The monoisotopic (exact) mass is 238 g/mol. The maximum absolute atomic E-state index is 12.0. The van der Waals surface area contributed by atoms with Gasteiger partial charge in [-0.25, -0.2) is 0 Å². The lowest BCUT2D eigenvalue weighted by molar-refractivity contribution is -0.142. The summed E-state index contributed by atoms with van der Waals surface area (Å²) in [6.07, 6.45) is -3.13. The zero-order valence-electron chi connectivity index (χ0n) is 9.27. The second-order valence-corrected chi connectivity index (χ2v) is 3.79. The Bertz CT molecular complexity index is 239. The Morgan fingerprint density at radius 1 is 1.50 bits per heavy atom. The number of alkyl halides is 3. The molecular weight excluding hydrogens is 221 g/mol. The number of guanidine groups is 1. The van der Waals surface area contributed by atoms with Crippen molar-refractivity contribution < 1.29 is 13.2 Å². The lowest BCUT2D eigenvalue weighted by atomic mass is 10.4. The second kappa shape index (κ2) is 5.93. The molecule has 2 N–H and O–H groups in total. The standard InChI is InChI=1S/C9H17F3N4/c1-16(7-9(10,11)12)6-5-15-8-13-3-2-4-14-8/h2-7H2,1H3,(H2,13,14,15). The van der Waals surface area contributed by atoms with E-state index in [0.717, 1.165) is 19.5 Å². The quantitative estimate of drug-likeness (QED) is 0.745. The number of halogens is 3. The molecule has 16 heavy (non-hydrogen) atoms. The molecule has 1 heterocycles. The summed E-state index contributed by atoms with van der Waals surface area (Å²) < 4.78 is 36.0. The van der Waals surface area contributed by atoms with Crippen LogP contribution in [0.4, 0.5) is 13.2 Å². The molecule has 1 aliphatic rings. The summed E-state index contributed by atoms with van der Waals surface area (Å²) in [4.78, 5) is 5.39. The van der Waals surface area contributed by atoms with Crippen LogP contribution in [0.3, 0.4) is 0 Å². The Balaban J connectivity index is 2.12. The van der Waals surface area contributed by atoms with Gasteiger partial charge < -0.3 is 10.6 Å². The molecule has 0 aromatic heterocycles. The van der Waals surface area contributed by atoms with E-state index >= 15 is 0 Å². The Morgan fingerprint density at radius 2 is 2.25 bits per heavy atom. The van der Waals surface area contributed by atoms with E-state index in [-0.39, 0.29) is 0 Å². The summed E-state index contributed by atoms with van der Waals surface area (Å²) in [5.74, 6) is 0.687. The molecule has 4 nitrogen and oxygen atoms in total. The van der Waals surface area contributed by atoms with Gasteiger partial charge in [-0.2, -0.15) is 13.2 Å². The molecule has 0 saturated heterocycles. The minimum atomic E-state index is -4.13. The molecular formula is C9H17F3N4. The van der Waals surface area contributed by atoms with Gasteiger partial charge in [0.05, 0.1) is 6.54 Å². The van der Waals surface area contributed by atoms with Gasteiger partial charge in [-0.05, 0) is 13.5 Å². The molecule has 0 aromatic carbocycles. The highest BCUT2D eigenvalue weighted by molar-refractivity contribution is 5.80. The molecule has 0 fully saturated rings. The molecule has 1 rings (SSSR count). The summed E-state index contributed by atoms with van der Waals surface area (Å²) >= 11 is 0. The molecule has 1 aliphatic heterocycles. The number of hydrogen-bond donors (Lipinski definition) is 2. The summed E-state index contributed by atoms with van der Waals surface area (Å²) in [7, 11) is 1.45. The molecule has 0 atom stereocenters. The van der Waals surface area contributed by atoms with Crippen LogP contribution in [0.1, 0.15) is 6.42 Å². The molecule has 0 bridgehead atoms. The van der Waals surface area contributed by atoms with E-state index in [4.69, 9.17) is 0 Å². The largest absolute Gasteiger partial charge is 0.401 e. The fraction of sp³-hybridized carbons (Fsp3) is 0.889. The average Bonchev–Trinajstić information content (AvgIpc) is 2.16. The smallest absolute Gasteiger partial charge is 0.356 e. The first-order valence-corrected chi connectivity index (χ1v) is 5.25. The summed E-state index contributed by atoms with van der Waals surface area (Å²) in [5.41, 5.74) is 0. The third kappa shape index (κ3) is 5.79. The van der Waals surface area contributed by atoms with Gasteiger partial charge in [-0.1, -0.05) is 0 Å². The molecule has 94 valence electrons. The third-order valence-electron chi connectivity index (χ3n) is 2.13. The SMILES string of the molecule is CN(CCNC1=NCCCN1)CC(F)(F)F. The number of nitrogens with one attached hydrogen (secondary N) is 2. The van der Waals surface area contributed by atoms with Gasteiger partial charge in [0.15, 0.2) is 5.96 Å². The highest BCUT2D eigenvalue weighted by Gasteiger charge is 2.28. The van der Waals surface area contributed by atoms with Crippen LogP contribution in [0.25, 0.3) is 0 Å². The molecule has 7 heteroatoms. The lowest BCUT2D eigenvalue weighted by Crippen LogP contribution is -2.44. The van der Waals surface area contributed by atoms with Gasteiger partial charge in [-0.3, -0.25) is 9.89 Å². The van der Waals surface area contributed by atoms with Crippen molar-refractivity contribution in [3.05, 3.63) is 0 Å². The summed E-state index contributed by atoms with van der Waals surface area (Å²) in [5, 5.41) is 6.01. The number of likely N-dealkylation sites (N-methyl/N-ethyl adjacent to an activating group) is 1. The van der Waals surface area contributed by atoms with Crippen LogP contribution in [0.15, 0.2) is 4.99 Å². The fourth-order valence-electron chi connectivity index (χ4n) is 1.40. The maximum Gasteiger partial charge on any atom is 0.401 e. The van der Waals surface area contributed by atoms with Crippen LogP contribution in [0, 0.1) is 0 Å². The summed E-state index contributed by atoms with van der Waals surface area (Å²) in [6, 6.07) is 0. The van der Waals surface area contributed by atoms with Crippen molar-refractivity contribution in [2.24, 2.45) is 4.99 Å². The van der Waals surface area contributed by atoms with Crippen LogP contribution < -0.4 is 10.6 Å². The van der Waals surface area contributed by atoms with Gasteiger partial charge >= 0.3 is 6.18 Å². The highest BCUT2D eigenvalue weighted by Crippen LogP contribution is 2.14. The number of rotatable bonds is 4. The van der Waals surface area contributed by atoms with Crippen molar-refractivity contribution in [2.45, 2.75) is 12.6 Å². The first kappa shape index (κ1) is 13.1. The summed E-state index contributed by atoms with van der Waals surface area (Å²) in [6.45, 7) is 1.55. The van der Waals surface area contributed by atoms with Crippen molar-refractivity contribution >= 4 is 5.96 Å². The van der Waals surface area contributed by atoms with Crippen LogP contribution in [0.2, 0.25) is 0 Å². The van der Waals surface area contributed by atoms with Crippen LogP contribution in [-0.2, 0) is 0 Å². The van der Waals surface area contributed by atoms with Gasteiger partial charge in [-0.15, -0.1) is 0 Å². The average molecular weight is 238 g/mol. The number of nitrogens with zero attached hydrogens (tertiary/aromatic N) is 2. The lowest BCUT2D eigenvalue weighted by Gasteiger charge is -2.20. The number of aliphatic imine (C=N–C) groups is 1. The Labute approximate surface area is 92.9 Å². The maximum atomic E-state index is 12.0. The minimum absolute atomic E-state index is 0.334. The molecule has 0 amide bonds. The predicted octanol–water partition coefficient (Wildman–Crippen LogP) is 0.419. The molecule has 0 aromatic rings. The second-order valence-electron chi connectivity index (χ2n) is 3.79. The van der Waals surface area contributed by atoms with E-state index in [2.05, 4.69) is 15.6 Å². The first-order valence-electron chi connectivity index (χ1n) is 5.25. The van der Waals surface area contributed by atoms with Gasteiger partial charge in [0.1, 0.15) is 0 Å². The van der Waals surface area contributed by atoms with E-state index in [9.17, 15) is 13.2 Å². The minimum Gasteiger partial charge on any atom is -0.356 e. The van der Waals surface area contributed by atoms with E-state index in [0.29, 0.717) is 19.0 Å². The first-order chi connectivity index (χ1) is 7.47. The third-order valence-corrected chi connectivity index (χ3v) is 2.13. The molecule has 0 aliphatic carbocycles. The van der Waals surface area contributed by atoms with Gasteiger partial charge in [0, 0.05) is 26.2 Å². The van der Waals surface area contributed by atoms with E-state index < -0.39 is 12.7 Å². The fourth-order valence-corrected chi connectivity index (χ4v) is 1.40. The van der Waals surface area contributed by atoms with E-state index in [1.165, 1.54) is 11.9 Å². The van der Waals surface area contributed by atoms with Crippen molar-refractivity contribution in [1.29, 1.82) is 0 Å². The Kier molecular flexibility index (Phi) is 4.85. The van der Waals surface area contributed by atoms with Crippen molar-refractivity contribution in [3.63, 3.8) is 0 Å². The molecule has 0 spiro atoms. The number of hydrogen-bond acceptors (Lipinski definition) is 4. The zero-order chi connectivity index (χ0) is 12.0. The van der Waals surface area contributed by atoms with Crippen molar-refractivity contribution in [3.8, 4) is 0 Å². The van der Waals surface area contributed by atoms with Crippen molar-refractivity contribution in [1.82, 2.24) is 15.5 Å². The van der Waals surface area contributed by atoms with E-state index in [1.54, 1.807) is 0 Å². The molecule has 0 radical (unpaired) electrons. The van der Waals surface area contributed by atoms with Gasteiger partial charge in [0.2, 0.25) is 0 Å². The normalized spacial score (nSPS) is 16.9. The Morgan fingerprint density at radius 3 is 2.81 bits per heavy atom. The van der Waals surface area contributed by atoms with Crippen molar-refractivity contribution in [2.75, 3.05) is 39.8 Å². The highest BCUT2D eigenvalue weighted by atomic mass is 19.4. The Hall–Kier alpha value is -0.980. The van der Waals surface area contributed by atoms with Crippen LogP contribution in [-0.4, -0.2) is 56.8 Å². The van der Waals surface area contributed by atoms with Gasteiger partial charge in [0.25, 0.3) is 0 Å². The van der Waals surface area contributed by atoms with Crippen LogP contribution in [0.5, 0.6) is 0 Å². The topological polar surface area (TPSA) is 39.7 Å². The van der Waals surface area contributed by atoms with E-state index in [1.807, 2.05) is 0 Å². The van der Waals surface area contributed by atoms with Crippen LogP contribution >= 0.6 is 0 Å². The zero-order valence-corrected chi connectivity index (χ0v) is 9.27. The molecule has 0 unspecified atom stereocenters.